The number of likely N-dealkylation sites (N-methyl/N-ethyl adjacent to an activating group) is 1. The van der Waals surface area contributed by atoms with Crippen LogP contribution in [0.15, 0.2) is 66.2 Å². The van der Waals surface area contributed by atoms with Crippen LogP contribution in [0, 0.1) is 0 Å². The predicted octanol–water partition coefficient (Wildman–Crippen LogP) is 3.66. The van der Waals surface area contributed by atoms with Gasteiger partial charge in [0.25, 0.3) is 5.91 Å². The Morgan fingerprint density at radius 3 is 2.43 bits per heavy atom. The zero-order valence-corrected chi connectivity index (χ0v) is 16.7. The highest BCUT2D eigenvalue weighted by Crippen LogP contribution is 2.41. The van der Waals surface area contributed by atoms with Gasteiger partial charge in [-0.25, -0.2) is 4.99 Å². The molecule has 2 aromatic carbocycles. The predicted molar refractivity (Wildman–Crippen MR) is 110 cm³/mol. The molecule has 1 aliphatic rings. The Balaban J connectivity index is 2.07. The maximum absolute atomic E-state index is 13.3. The minimum atomic E-state index is -2.94. The summed E-state index contributed by atoms with van der Waals surface area (Å²) in [7, 11) is 1.53. The number of nitrogens with zero attached hydrogens (tertiary/aromatic N) is 2. The summed E-state index contributed by atoms with van der Waals surface area (Å²) >= 11 is 0. The molecule has 30 heavy (non-hydrogen) atoms. The van der Waals surface area contributed by atoms with E-state index in [0.717, 1.165) is 0 Å². The number of rotatable bonds is 8. The number of alkyl halides is 2. The third-order valence-electron chi connectivity index (χ3n) is 4.82. The van der Waals surface area contributed by atoms with Gasteiger partial charge in [-0.3, -0.25) is 9.69 Å². The van der Waals surface area contributed by atoms with E-state index in [9.17, 15) is 13.6 Å². The van der Waals surface area contributed by atoms with Crippen molar-refractivity contribution in [3.63, 3.8) is 0 Å². The van der Waals surface area contributed by atoms with Crippen LogP contribution in [-0.4, -0.2) is 36.5 Å². The molecule has 0 radical (unpaired) electrons. The Bertz CT molecular complexity index is 962. The van der Waals surface area contributed by atoms with Crippen molar-refractivity contribution in [2.75, 3.05) is 7.05 Å². The van der Waals surface area contributed by atoms with Crippen molar-refractivity contribution in [2.24, 2.45) is 10.7 Å². The largest absolute Gasteiger partial charge is 0.490 e. The minimum Gasteiger partial charge on any atom is -0.490 e. The number of hydrogen-bond acceptors (Lipinski definition) is 5. The van der Waals surface area contributed by atoms with Gasteiger partial charge in [0.2, 0.25) is 0 Å². The molecule has 0 saturated carbocycles. The van der Waals surface area contributed by atoms with Gasteiger partial charge < -0.3 is 15.2 Å². The van der Waals surface area contributed by atoms with Crippen molar-refractivity contribution in [2.45, 2.75) is 31.6 Å². The summed E-state index contributed by atoms with van der Waals surface area (Å²) in [5.41, 5.74) is 5.52. The number of amides is 1. The monoisotopic (exact) mass is 415 g/mol. The van der Waals surface area contributed by atoms with E-state index in [4.69, 9.17) is 10.5 Å². The van der Waals surface area contributed by atoms with E-state index in [-0.39, 0.29) is 23.7 Å². The summed E-state index contributed by atoms with van der Waals surface area (Å²) in [6.45, 7) is 2.68. The lowest BCUT2D eigenvalue weighted by Crippen LogP contribution is -2.41. The highest BCUT2D eigenvalue weighted by molar-refractivity contribution is 6.08. The van der Waals surface area contributed by atoms with E-state index in [1.54, 1.807) is 30.3 Å². The quantitative estimate of drug-likeness (QED) is 0.668. The van der Waals surface area contributed by atoms with Crippen molar-refractivity contribution in [3.8, 4) is 11.5 Å². The molecule has 0 spiro atoms. The lowest BCUT2D eigenvalue weighted by atomic mass is 9.82. The number of nitrogens with two attached hydrogens (primary N) is 1. The molecule has 3 rings (SSSR count). The van der Waals surface area contributed by atoms with Crippen LogP contribution < -0.4 is 15.2 Å². The SMILES string of the molecule is C=CCC(C)Oc1cccc(C2(c3ccc(OC(F)F)cc3)N=C(N)N(C)C2=O)c1. The van der Waals surface area contributed by atoms with Crippen LogP contribution in [0.25, 0.3) is 0 Å². The smallest absolute Gasteiger partial charge is 0.387 e. The number of hydrogen-bond donors (Lipinski definition) is 1. The lowest BCUT2D eigenvalue weighted by molar-refractivity contribution is -0.129. The maximum atomic E-state index is 13.3. The van der Waals surface area contributed by atoms with Gasteiger partial charge in [0.05, 0.1) is 6.10 Å². The van der Waals surface area contributed by atoms with Gasteiger partial charge in [0.1, 0.15) is 11.5 Å². The molecule has 2 aromatic rings. The summed E-state index contributed by atoms with van der Waals surface area (Å²) < 4.78 is 35.3. The Morgan fingerprint density at radius 1 is 1.17 bits per heavy atom. The standard InChI is InChI=1S/C22H23F2N3O3/c1-4-6-14(2)29-18-8-5-7-16(13-18)22(19(28)27(3)21(25)26-22)15-9-11-17(12-10-15)30-20(23)24/h4-5,7-14,20H,1,6H2,2-3H3,(H2,25,26). The summed E-state index contributed by atoms with van der Waals surface area (Å²) in [5.74, 6) is 0.239. The highest BCUT2D eigenvalue weighted by Gasteiger charge is 2.49. The van der Waals surface area contributed by atoms with E-state index in [2.05, 4.69) is 16.3 Å². The van der Waals surface area contributed by atoms with E-state index in [0.29, 0.717) is 23.3 Å². The number of benzene rings is 2. The molecule has 1 heterocycles. The number of halogens is 2. The van der Waals surface area contributed by atoms with E-state index < -0.39 is 12.2 Å². The minimum absolute atomic E-state index is 0.0185. The van der Waals surface area contributed by atoms with E-state index >= 15 is 0 Å². The Hall–Kier alpha value is -3.42. The van der Waals surface area contributed by atoms with Crippen molar-refractivity contribution in [1.29, 1.82) is 0 Å². The number of guanidine groups is 1. The first-order valence-corrected chi connectivity index (χ1v) is 9.35. The van der Waals surface area contributed by atoms with Crippen LogP contribution in [0.5, 0.6) is 11.5 Å². The topological polar surface area (TPSA) is 77.2 Å². The Morgan fingerprint density at radius 2 is 1.87 bits per heavy atom. The van der Waals surface area contributed by atoms with Crippen molar-refractivity contribution < 1.29 is 23.0 Å². The summed E-state index contributed by atoms with van der Waals surface area (Å²) in [6, 6.07) is 12.8. The number of carbonyl (C=O) groups excluding carboxylic acids is 1. The second-order valence-corrected chi connectivity index (χ2v) is 6.93. The van der Waals surface area contributed by atoms with Gasteiger partial charge in [0.15, 0.2) is 11.5 Å². The molecule has 0 aliphatic carbocycles. The first kappa shape index (κ1) is 21.3. The maximum Gasteiger partial charge on any atom is 0.387 e. The molecule has 8 heteroatoms. The van der Waals surface area contributed by atoms with Gasteiger partial charge in [0, 0.05) is 13.5 Å². The molecule has 2 unspecified atom stereocenters. The molecule has 158 valence electrons. The van der Waals surface area contributed by atoms with E-state index in [1.807, 2.05) is 6.92 Å². The van der Waals surface area contributed by atoms with Crippen LogP contribution in [0.4, 0.5) is 8.78 Å². The zero-order valence-electron chi connectivity index (χ0n) is 16.7. The summed E-state index contributed by atoms with van der Waals surface area (Å²) in [4.78, 5) is 19.0. The number of carbonyl (C=O) groups is 1. The second-order valence-electron chi connectivity index (χ2n) is 6.93. The molecule has 1 aliphatic heterocycles. The zero-order chi connectivity index (χ0) is 21.9. The molecular weight excluding hydrogens is 392 g/mol. The Kier molecular flexibility index (Phi) is 6.05. The molecule has 6 nitrogen and oxygen atoms in total. The Labute approximate surface area is 173 Å². The molecule has 0 saturated heterocycles. The molecule has 2 N–H and O–H groups in total. The molecule has 2 atom stereocenters. The summed E-state index contributed by atoms with van der Waals surface area (Å²) in [5, 5.41) is 0. The van der Waals surface area contributed by atoms with Gasteiger partial charge in [-0.05, 0) is 42.3 Å². The average molecular weight is 415 g/mol. The highest BCUT2D eigenvalue weighted by atomic mass is 19.3. The van der Waals surface area contributed by atoms with Crippen LogP contribution in [-0.2, 0) is 10.3 Å². The third kappa shape index (κ3) is 3.98. The van der Waals surface area contributed by atoms with Crippen molar-refractivity contribution in [3.05, 3.63) is 72.3 Å². The fourth-order valence-corrected chi connectivity index (χ4v) is 3.37. The normalized spacial score (nSPS) is 19.6. The number of aliphatic imine (C=N–C) groups is 1. The number of ether oxygens (including phenoxy) is 2. The van der Waals surface area contributed by atoms with Crippen LogP contribution in [0.2, 0.25) is 0 Å². The van der Waals surface area contributed by atoms with Gasteiger partial charge in [-0.1, -0.05) is 30.3 Å². The molecule has 0 aromatic heterocycles. The van der Waals surface area contributed by atoms with Crippen molar-refractivity contribution in [1.82, 2.24) is 4.90 Å². The lowest BCUT2D eigenvalue weighted by Gasteiger charge is -2.27. The molecule has 1 amide bonds. The van der Waals surface area contributed by atoms with Gasteiger partial charge in [-0.15, -0.1) is 6.58 Å². The summed E-state index contributed by atoms with van der Waals surface area (Å²) in [6.07, 6.45) is 2.32. The molecule has 0 fully saturated rings. The van der Waals surface area contributed by atoms with Crippen molar-refractivity contribution >= 4 is 11.9 Å². The first-order valence-electron chi connectivity index (χ1n) is 9.35. The second kappa shape index (κ2) is 8.52. The van der Waals surface area contributed by atoms with Gasteiger partial charge in [-0.2, -0.15) is 8.78 Å². The van der Waals surface area contributed by atoms with Crippen LogP contribution >= 0.6 is 0 Å². The first-order chi connectivity index (χ1) is 14.3. The van der Waals surface area contributed by atoms with Crippen LogP contribution in [0.3, 0.4) is 0 Å². The fraction of sp³-hybridized carbons (Fsp3) is 0.273. The average Bonchev–Trinajstić information content (AvgIpc) is 2.93. The molecule has 0 bridgehead atoms. The van der Waals surface area contributed by atoms with E-state index in [1.165, 1.54) is 36.2 Å². The fourth-order valence-electron chi connectivity index (χ4n) is 3.37. The molecular formula is C22H23F2N3O3. The van der Waals surface area contributed by atoms with Crippen LogP contribution in [0.1, 0.15) is 24.5 Å². The van der Waals surface area contributed by atoms with Gasteiger partial charge >= 0.3 is 6.61 Å². The third-order valence-corrected chi connectivity index (χ3v) is 4.82.